The Kier molecular flexibility index (Phi) is 12.3. The number of hydrogen-bond donors (Lipinski definition) is 3. The van der Waals surface area contributed by atoms with Crippen LogP contribution in [0.1, 0.15) is 89.5 Å². The second kappa shape index (κ2) is 13.0. The minimum absolute atomic E-state index is 0.0362. The van der Waals surface area contributed by atoms with Gasteiger partial charge >= 0.3 is 0 Å². The van der Waals surface area contributed by atoms with Crippen LogP contribution in [-0.4, -0.2) is 123 Å². The van der Waals surface area contributed by atoms with E-state index in [1.165, 1.54) is 41.5 Å². The molecule has 4 atom stereocenters. The summed E-state index contributed by atoms with van der Waals surface area (Å²) in [6.45, 7) is 21.7. The van der Waals surface area contributed by atoms with E-state index < -0.39 is 33.8 Å². The Hall–Kier alpha value is -0.450. The summed E-state index contributed by atoms with van der Waals surface area (Å²) in [6, 6.07) is -0.303. The minimum atomic E-state index is -1.89. The molecule has 3 N–H and O–H groups in total. The van der Waals surface area contributed by atoms with Gasteiger partial charge in [-0.1, -0.05) is 41.5 Å². The molecule has 0 aromatic heterocycles. The highest BCUT2D eigenvalue weighted by Gasteiger charge is 2.51. The Morgan fingerprint density at radius 2 is 0.925 bits per heavy atom. The van der Waals surface area contributed by atoms with Crippen molar-refractivity contribution in [1.82, 2.24) is 14.7 Å². The highest BCUT2D eigenvalue weighted by atomic mass is 19.2. The normalized spacial score (nSPS) is 24.9. The fourth-order valence-electron chi connectivity index (χ4n) is 6.25. The molecule has 0 bridgehead atoms. The van der Waals surface area contributed by atoms with Crippen LogP contribution in [0, 0.1) is 17.8 Å². The van der Waals surface area contributed by atoms with Gasteiger partial charge in [-0.2, -0.15) is 0 Å². The molecule has 9 heteroatoms. The molecule has 0 aromatic rings. The quantitative estimate of drug-likeness (QED) is 0.311. The Morgan fingerprint density at radius 1 is 0.600 bits per heavy atom. The summed E-state index contributed by atoms with van der Waals surface area (Å²) < 4.78 is 46.2. The molecule has 1 aliphatic rings. The third-order valence-electron chi connectivity index (χ3n) is 10.0. The zero-order valence-electron chi connectivity index (χ0n) is 27.8. The molecular weight excluding hydrogens is 519 g/mol. The topological polar surface area (TPSA) is 70.4 Å². The molecule has 6 nitrogen and oxygen atoms in total. The lowest BCUT2D eigenvalue weighted by molar-refractivity contribution is -0.143. The maximum Gasteiger partial charge on any atom is 0.135 e. The second-order valence-corrected chi connectivity index (χ2v) is 15.0. The van der Waals surface area contributed by atoms with Gasteiger partial charge in [-0.05, 0) is 72.8 Å². The van der Waals surface area contributed by atoms with Gasteiger partial charge in [0.15, 0.2) is 0 Å². The van der Waals surface area contributed by atoms with E-state index in [1.54, 1.807) is 13.8 Å². The van der Waals surface area contributed by atoms with Crippen LogP contribution in [0.5, 0.6) is 0 Å². The van der Waals surface area contributed by atoms with Gasteiger partial charge < -0.3 is 20.2 Å². The number of β-amino-alcohol motifs (C(OH)–C–C–N with tert-alkyl or cyclic N) is 2. The molecule has 0 spiro atoms. The first kappa shape index (κ1) is 37.6. The lowest BCUT2D eigenvalue weighted by Gasteiger charge is -2.47. The van der Waals surface area contributed by atoms with Gasteiger partial charge in [0, 0.05) is 51.9 Å². The van der Waals surface area contributed by atoms with Crippen LogP contribution in [0.15, 0.2) is 0 Å². The van der Waals surface area contributed by atoms with Crippen molar-refractivity contribution in [2.24, 2.45) is 17.8 Å². The fraction of sp³-hybridized carbons (Fsp3) is 1.00. The fourth-order valence-corrected chi connectivity index (χ4v) is 6.25. The molecule has 1 fully saturated rings. The number of aliphatic hydroxyl groups is 3. The zero-order valence-corrected chi connectivity index (χ0v) is 27.8. The molecule has 0 radical (unpaired) electrons. The zero-order chi connectivity index (χ0) is 31.7. The largest absolute Gasteiger partial charge is 0.386 e. The first-order valence-electron chi connectivity index (χ1n) is 15.1. The number of rotatable bonds is 12. The van der Waals surface area contributed by atoms with E-state index in [4.69, 9.17) is 0 Å². The summed E-state index contributed by atoms with van der Waals surface area (Å²) >= 11 is 0. The maximum absolute atomic E-state index is 15.5. The van der Waals surface area contributed by atoms with Crippen LogP contribution in [0.2, 0.25) is 0 Å². The number of hydrogen-bond acceptors (Lipinski definition) is 6. The first-order valence-corrected chi connectivity index (χ1v) is 15.1. The molecular formula is C31H62F3N3O3. The summed E-state index contributed by atoms with van der Waals surface area (Å²) in [4.78, 5) is 6.08. The van der Waals surface area contributed by atoms with Crippen molar-refractivity contribution >= 4 is 0 Å². The number of halogens is 3. The Bertz CT molecular complexity index is 793. The third kappa shape index (κ3) is 8.34. The van der Waals surface area contributed by atoms with Crippen molar-refractivity contribution in [3.8, 4) is 0 Å². The summed E-state index contributed by atoms with van der Waals surface area (Å²) in [5.41, 5.74) is -10.5. The van der Waals surface area contributed by atoms with Crippen molar-refractivity contribution < 1.29 is 28.5 Å². The summed E-state index contributed by atoms with van der Waals surface area (Å²) in [5, 5.41) is 34.7. The summed E-state index contributed by atoms with van der Waals surface area (Å²) in [7, 11) is 1.92. The summed E-state index contributed by atoms with van der Waals surface area (Å²) in [6.07, 6.45) is 0.147. The number of alkyl halides is 3. The molecule has 1 saturated heterocycles. The highest BCUT2D eigenvalue weighted by molar-refractivity contribution is 5.03. The smallest absolute Gasteiger partial charge is 0.135 e. The van der Waals surface area contributed by atoms with E-state index >= 15 is 13.2 Å². The lowest BCUT2D eigenvalue weighted by Crippen LogP contribution is -2.61. The molecule has 1 heterocycles. The first-order chi connectivity index (χ1) is 17.7. The molecule has 0 amide bonds. The van der Waals surface area contributed by atoms with E-state index in [0.717, 1.165) is 0 Å². The molecule has 0 aromatic carbocycles. The Labute approximate surface area is 243 Å². The van der Waals surface area contributed by atoms with Gasteiger partial charge in [0.25, 0.3) is 0 Å². The van der Waals surface area contributed by atoms with Gasteiger partial charge in [-0.3, -0.25) is 9.80 Å². The van der Waals surface area contributed by atoms with Crippen molar-refractivity contribution in [2.75, 3.05) is 52.9 Å². The third-order valence-corrected chi connectivity index (χ3v) is 10.0. The second-order valence-electron chi connectivity index (χ2n) is 15.0. The molecule has 1 rings (SSSR count). The van der Waals surface area contributed by atoms with E-state index in [2.05, 4.69) is 4.90 Å². The molecule has 0 aliphatic carbocycles. The predicted octanol–water partition coefficient (Wildman–Crippen LogP) is 4.70. The Morgan fingerprint density at radius 3 is 1.27 bits per heavy atom. The highest BCUT2D eigenvalue weighted by Crippen LogP contribution is 2.39. The number of nitrogens with zero attached hydrogens (tertiary/aromatic N) is 3. The molecule has 240 valence electrons. The molecule has 0 saturated carbocycles. The number of likely N-dealkylation sites (N-methyl/N-ethyl adjacent to an activating group) is 1. The Balaban J connectivity index is 3.53. The standard InChI is InChI=1S/C31H62F3N3O3/c1-22(2)29(38,26(7,8)32)18-25-19-37(21-31(40,24(5)6)28(11,12)34)17-16-36(15-14-35(25)13)20-30(39,23(3)4)27(9,10)33/h22-25,38-40H,14-21H2,1-13H3. The van der Waals surface area contributed by atoms with Crippen LogP contribution >= 0.6 is 0 Å². The van der Waals surface area contributed by atoms with E-state index in [9.17, 15) is 15.3 Å². The van der Waals surface area contributed by atoms with Crippen LogP contribution in [0.4, 0.5) is 13.2 Å². The molecule has 40 heavy (non-hydrogen) atoms. The average Bonchev–Trinajstić information content (AvgIpc) is 2.82. The van der Waals surface area contributed by atoms with E-state index in [0.29, 0.717) is 32.7 Å². The SMILES string of the molecule is CC(C)C(O)(CC1CN(CC(O)(C(C)C)C(C)(C)F)CCN(CC(O)(C(C)C)C(C)(C)F)CCN1C)C(C)(C)F. The van der Waals surface area contributed by atoms with Crippen LogP contribution in [0.3, 0.4) is 0 Å². The maximum atomic E-state index is 15.5. The van der Waals surface area contributed by atoms with Crippen molar-refractivity contribution in [3.05, 3.63) is 0 Å². The van der Waals surface area contributed by atoms with Gasteiger partial charge in [0.2, 0.25) is 0 Å². The van der Waals surface area contributed by atoms with Crippen LogP contribution < -0.4 is 0 Å². The lowest BCUT2D eigenvalue weighted by atomic mass is 9.73. The van der Waals surface area contributed by atoms with Crippen molar-refractivity contribution in [3.63, 3.8) is 0 Å². The van der Waals surface area contributed by atoms with Gasteiger partial charge in [-0.15, -0.1) is 0 Å². The van der Waals surface area contributed by atoms with Crippen molar-refractivity contribution in [2.45, 2.75) is 129 Å². The molecule has 4 unspecified atom stereocenters. The van der Waals surface area contributed by atoms with Crippen molar-refractivity contribution in [1.29, 1.82) is 0 Å². The monoisotopic (exact) mass is 581 g/mol. The minimum Gasteiger partial charge on any atom is -0.386 e. The van der Waals surface area contributed by atoms with Gasteiger partial charge in [0.1, 0.15) is 33.8 Å². The van der Waals surface area contributed by atoms with Crippen LogP contribution in [0.25, 0.3) is 0 Å². The van der Waals surface area contributed by atoms with Gasteiger partial charge in [-0.25, -0.2) is 13.2 Å². The molecule has 1 aliphatic heterocycles. The predicted molar refractivity (Wildman–Crippen MR) is 159 cm³/mol. The van der Waals surface area contributed by atoms with Crippen LogP contribution in [-0.2, 0) is 0 Å². The van der Waals surface area contributed by atoms with E-state index in [1.807, 2.05) is 44.5 Å². The average molecular weight is 582 g/mol. The summed E-state index contributed by atoms with van der Waals surface area (Å²) in [5.74, 6) is -1.08. The van der Waals surface area contributed by atoms with Gasteiger partial charge in [0.05, 0.1) is 0 Å². The van der Waals surface area contributed by atoms with E-state index in [-0.39, 0.29) is 43.3 Å².